The van der Waals surface area contributed by atoms with Crippen molar-refractivity contribution in [2.75, 3.05) is 46.6 Å². The number of benzene rings is 1. The van der Waals surface area contributed by atoms with Crippen molar-refractivity contribution in [3.63, 3.8) is 0 Å². The van der Waals surface area contributed by atoms with Crippen molar-refractivity contribution in [2.24, 2.45) is 4.99 Å². The predicted octanol–water partition coefficient (Wildman–Crippen LogP) is 2.59. The summed E-state index contributed by atoms with van der Waals surface area (Å²) in [6.07, 6.45) is 1.91. The average Bonchev–Trinajstić information content (AvgIpc) is 2.61. The molecule has 1 heterocycles. The van der Waals surface area contributed by atoms with Crippen LogP contribution in [0.4, 0.5) is 0 Å². The lowest BCUT2D eigenvalue weighted by Gasteiger charge is -2.36. The lowest BCUT2D eigenvalue weighted by atomic mass is 9.74. The number of nitrogens with one attached hydrogen (secondary N) is 2. The van der Waals surface area contributed by atoms with E-state index in [4.69, 9.17) is 26.1 Å². The number of rotatable bonds is 7. The lowest BCUT2D eigenvalue weighted by Crippen LogP contribution is -2.42. The first-order chi connectivity index (χ1) is 11.7. The zero-order valence-corrected chi connectivity index (χ0v) is 15.4. The summed E-state index contributed by atoms with van der Waals surface area (Å²) < 4.78 is 10.7. The van der Waals surface area contributed by atoms with Crippen molar-refractivity contribution >= 4 is 17.6 Å². The molecule has 0 amide bonds. The van der Waals surface area contributed by atoms with Crippen molar-refractivity contribution in [1.29, 1.82) is 0 Å². The molecule has 6 heteroatoms. The smallest absolute Gasteiger partial charge is 0.191 e. The number of ether oxygens (including phenoxy) is 2. The van der Waals surface area contributed by atoms with Gasteiger partial charge in [-0.1, -0.05) is 23.7 Å². The van der Waals surface area contributed by atoms with Gasteiger partial charge in [0.25, 0.3) is 0 Å². The summed E-state index contributed by atoms with van der Waals surface area (Å²) in [6, 6.07) is 8.14. The highest BCUT2D eigenvalue weighted by Crippen LogP contribution is 2.36. The quantitative estimate of drug-likeness (QED) is 0.449. The number of aliphatic imine (C=N–C) groups is 1. The van der Waals surface area contributed by atoms with E-state index in [1.807, 2.05) is 12.1 Å². The molecule has 2 N–H and O–H groups in total. The van der Waals surface area contributed by atoms with Crippen molar-refractivity contribution in [3.05, 3.63) is 34.9 Å². The Balaban J connectivity index is 2.16. The Bertz CT molecular complexity index is 531. The molecule has 0 aromatic heterocycles. The Hall–Kier alpha value is -1.30. The van der Waals surface area contributed by atoms with Crippen LogP contribution in [-0.4, -0.2) is 52.5 Å². The third-order valence-corrected chi connectivity index (χ3v) is 4.60. The van der Waals surface area contributed by atoms with Gasteiger partial charge in [-0.25, -0.2) is 0 Å². The van der Waals surface area contributed by atoms with Crippen LogP contribution in [0.3, 0.4) is 0 Å². The molecule has 5 nitrogen and oxygen atoms in total. The van der Waals surface area contributed by atoms with Crippen molar-refractivity contribution < 1.29 is 9.47 Å². The second-order valence-electron chi connectivity index (χ2n) is 6.02. The van der Waals surface area contributed by atoms with E-state index in [0.29, 0.717) is 13.2 Å². The molecule has 134 valence electrons. The Morgan fingerprint density at radius 3 is 2.79 bits per heavy atom. The van der Waals surface area contributed by atoms with Crippen LogP contribution in [0.15, 0.2) is 29.3 Å². The van der Waals surface area contributed by atoms with E-state index in [1.54, 1.807) is 7.11 Å². The van der Waals surface area contributed by atoms with Crippen molar-refractivity contribution in [1.82, 2.24) is 10.6 Å². The summed E-state index contributed by atoms with van der Waals surface area (Å²) in [4.78, 5) is 4.83. The third-order valence-electron chi connectivity index (χ3n) is 4.37. The van der Waals surface area contributed by atoms with Gasteiger partial charge in [0.2, 0.25) is 0 Å². The Morgan fingerprint density at radius 1 is 1.33 bits per heavy atom. The van der Waals surface area contributed by atoms with E-state index in [9.17, 15) is 0 Å². The summed E-state index contributed by atoms with van der Waals surface area (Å²) >= 11 is 6.22. The molecule has 24 heavy (non-hydrogen) atoms. The fourth-order valence-corrected chi connectivity index (χ4v) is 3.15. The zero-order chi connectivity index (χ0) is 17.3. The second kappa shape index (κ2) is 9.87. The van der Waals surface area contributed by atoms with E-state index < -0.39 is 0 Å². The van der Waals surface area contributed by atoms with Crippen LogP contribution < -0.4 is 10.6 Å². The molecule has 0 bridgehead atoms. The van der Waals surface area contributed by atoms with Crippen LogP contribution in [0, 0.1) is 0 Å². The van der Waals surface area contributed by atoms with Crippen LogP contribution in [0.1, 0.15) is 25.3 Å². The largest absolute Gasteiger partial charge is 0.383 e. The van der Waals surface area contributed by atoms with Crippen LogP contribution in [0.5, 0.6) is 0 Å². The molecule has 0 spiro atoms. The minimum absolute atomic E-state index is 0.0211. The maximum atomic E-state index is 6.22. The molecule has 1 fully saturated rings. The van der Waals surface area contributed by atoms with E-state index in [1.165, 1.54) is 5.56 Å². The summed E-state index contributed by atoms with van der Waals surface area (Å²) in [5.41, 5.74) is 1.22. The van der Waals surface area contributed by atoms with Gasteiger partial charge in [0.15, 0.2) is 5.96 Å². The van der Waals surface area contributed by atoms with Gasteiger partial charge in [0.05, 0.1) is 13.2 Å². The molecule has 0 saturated carbocycles. The Labute approximate surface area is 149 Å². The van der Waals surface area contributed by atoms with Crippen LogP contribution in [0.2, 0.25) is 5.02 Å². The summed E-state index contributed by atoms with van der Waals surface area (Å²) in [7, 11) is 1.70. The molecule has 0 radical (unpaired) electrons. The van der Waals surface area contributed by atoms with Gasteiger partial charge < -0.3 is 20.1 Å². The molecule has 1 aliphatic rings. The fraction of sp³-hybridized carbons (Fsp3) is 0.611. The van der Waals surface area contributed by atoms with E-state index in [-0.39, 0.29) is 5.41 Å². The van der Waals surface area contributed by atoms with Gasteiger partial charge in [-0.05, 0) is 37.5 Å². The zero-order valence-electron chi connectivity index (χ0n) is 14.6. The first kappa shape index (κ1) is 19.0. The molecule has 0 aliphatic carbocycles. The first-order valence-corrected chi connectivity index (χ1v) is 8.93. The van der Waals surface area contributed by atoms with Gasteiger partial charge in [0, 0.05) is 43.9 Å². The van der Waals surface area contributed by atoms with Crippen molar-refractivity contribution in [2.45, 2.75) is 25.2 Å². The summed E-state index contributed by atoms with van der Waals surface area (Å²) in [5, 5.41) is 7.36. The normalized spacial score (nSPS) is 17.5. The molecule has 1 saturated heterocycles. The highest BCUT2D eigenvalue weighted by atomic mass is 35.5. The molecule has 1 aliphatic heterocycles. The number of hydrogen-bond donors (Lipinski definition) is 2. The second-order valence-corrected chi connectivity index (χ2v) is 6.45. The van der Waals surface area contributed by atoms with Gasteiger partial charge in [-0.2, -0.15) is 0 Å². The molecular weight excluding hydrogens is 326 g/mol. The topological polar surface area (TPSA) is 54.9 Å². The number of methoxy groups -OCH3 is 1. The van der Waals surface area contributed by atoms with Crippen molar-refractivity contribution in [3.8, 4) is 0 Å². The maximum absolute atomic E-state index is 6.22. The lowest BCUT2D eigenvalue weighted by molar-refractivity contribution is 0.0531. The number of halogens is 1. The number of hydrogen-bond acceptors (Lipinski definition) is 3. The van der Waals surface area contributed by atoms with E-state index >= 15 is 0 Å². The van der Waals surface area contributed by atoms with Crippen LogP contribution in [-0.2, 0) is 14.9 Å². The highest BCUT2D eigenvalue weighted by Gasteiger charge is 2.34. The van der Waals surface area contributed by atoms with E-state index in [2.05, 4.69) is 29.7 Å². The van der Waals surface area contributed by atoms with Gasteiger partial charge >= 0.3 is 0 Å². The average molecular weight is 354 g/mol. The third kappa shape index (κ3) is 5.36. The molecule has 0 atom stereocenters. The highest BCUT2D eigenvalue weighted by molar-refractivity contribution is 6.30. The standard InChI is InChI=1S/C18H28ClN3O2/c1-3-20-17(21-9-12-23-2)22-14-18(7-10-24-11-8-18)15-5-4-6-16(19)13-15/h4-6,13H,3,7-12,14H2,1-2H3,(H2,20,21,22). The monoisotopic (exact) mass is 353 g/mol. The van der Waals surface area contributed by atoms with E-state index in [0.717, 1.165) is 50.1 Å². The molecule has 1 aromatic carbocycles. The molecule has 0 unspecified atom stereocenters. The summed E-state index contributed by atoms with van der Waals surface area (Å²) in [5.74, 6) is 0.822. The minimum Gasteiger partial charge on any atom is -0.383 e. The van der Waals surface area contributed by atoms with Gasteiger partial charge in [0.1, 0.15) is 0 Å². The molecule has 2 rings (SSSR count). The van der Waals surface area contributed by atoms with Gasteiger partial charge in [-0.15, -0.1) is 0 Å². The minimum atomic E-state index is -0.0211. The molecular formula is C18H28ClN3O2. The first-order valence-electron chi connectivity index (χ1n) is 8.55. The predicted molar refractivity (Wildman–Crippen MR) is 99.0 cm³/mol. The van der Waals surface area contributed by atoms with Gasteiger partial charge in [-0.3, -0.25) is 4.99 Å². The maximum Gasteiger partial charge on any atom is 0.191 e. The fourth-order valence-electron chi connectivity index (χ4n) is 2.96. The SMILES string of the molecule is CCNC(=NCC1(c2cccc(Cl)c2)CCOCC1)NCCOC. The van der Waals surface area contributed by atoms with Crippen LogP contribution >= 0.6 is 11.6 Å². The van der Waals surface area contributed by atoms with Crippen LogP contribution in [0.25, 0.3) is 0 Å². The number of guanidine groups is 1. The number of nitrogens with zero attached hydrogens (tertiary/aromatic N) is 1. The summed E-state index contributed by atoms with van der Waals surface area (Å²) in [6.45, 7) is 6.50. The Morgan fingerprint density at radius 2 is 2.12 bits per heavy atom. The molecule has 1 aromatic rings. The Kier molecular flexibility index (Phi) is 7.82.